The summed E-state index contributed by atoms with van der Waals surface area (Å²) in [5, 5.41) is 0.935. The zero-order valence-electron chi connectivity index (χ0n) is 9.17. The molecule has 0 bridgehead atoms. The van der Waals surface area contributed by atoms with Crippen LogP contribution in [0, 0.1) is 6.92 Å². The number of hydrogen-bond acceptors (Lipinski definition) is 2. The van der Waals surface area contributed by atoms with E-state index in [9.17, 15) is 4.79 Å². The highest BCUT2D eigenvalue weighted by Crippen LogP contribution is 2.23. The van der Waals surface area contributed by atoms with Crippen LogP contribution in [0.1, 0.15) is 21.9 Å². The maximum Gasteiger partial charge on any atom is 0.202 e. The van der Waals surface area contributed by atoms with Gasteiger partial charge in [0.1, 0.15) is 5.76 Å². The lowest BCUT2D eigenvalue weighted by Crippen LogP contribution is -2.01. The van der Waals surface area contributed by atoms with Crippen molar-refractivity contribution in [3.8, 4) is 0 Å². The average Bonchev–Trinajstić information content (AvgIpc) is 2.70. The lowest BCUT2D eigenvalue weighted by atomic mass is 10.1. The van der Waals surface area contributed by atoms with Gasteiger partial charge in [-0.15, -0.1) is 0 Å². The van der Waals surface area contributed by atoms with Gasteiger partial charge in [-0.05, 0) is 36.8 Å². The summed E-state index contributed by atoms with van der Waals surface area (Å²) in [5.74, 6) is 1.02. The molecule has 0 amide bonds. The summed E-state index contributed by atoms with van der Waals surface area (Å²) in [6, 6.07) is 8.59. The Kier molecular flexibility index (Phi) is 3.55. The van der Waals surface area contributed by atoms with E-state index in [0.717, 1.165) is 11.3 Å². The SMILES string of the molecule is Cc1ccc(C(=O)Cc2ccc(Cl)c(Cl)c2)o1. The normalized spacial score (nSPS) is 10.5. The van der Waals surface area contributed by atoms with Crippen LogP contribution in [0.2, 0.25) is 10.0 Å². The maximum absolute atomic E-state index is 11.9. The molecule has 0 unspecified atom stereocenters. The molecule has 2 rings (SSSR count). The molecule has 0 radical (unpaired) electrons. The van der Waals surface area contributed by atoms with Crippen molar-refractivity contribution < 1.29 is 9.21 Å². The molecule has 0 atom stereocenters. The zero-order valence-corrected chi connectivity index (χ0v) is 10.7. The second kappa shape index (κ2) is 4.94. The average molecular weight is 269 g/mol. The first-order valence-electron chi connectivity index (χ1n) is 5.10. The zero-order chi connectivity index (χ0) is 12.4. The van der Waals surface area contributed by atoms with Crippen LogP contribution >= 0.6 is 23.2 Å². The van der Waals surface area contributed by atoms with Crippen molar-refractivity contribution in [2.45, 2.75) is 13.3 Å². The van der Waals surface area contributed by atoms with Crippen molar-refractivity contribution in [2.75, 3.05) is 0 Å². The molecule has 0 N–H and O–H groups in total. The summed E-state index contributed by atoms with van der Waals surface area (Å²) < 4.78 is 5.26. The molecule has 0 aliphatic carbocycles. The van der Waals surface area contributed by atoms with Crippen LogP contribution < -0.4 is 0 Å². The van der Waals surface area contributed by atoms with Crippen LogP contribution in [0.4, 0.5) is 0 Å². The number of carbonyl (C=O) groups excluding carboxylic acids is 1. The van der Waals surface area contributed by atoms with Crippen molar-refractivity contribution in [1.29, 1.82) is 0 Å². The number of furan rings is 1. The smallest absolute Gasteiger partial charge is 0.202 e. The summed E-state index contributed by atoms with van der Waals surface area (Å²) in [6.07, 6.45) is 0.254. The van der Waals surface area contributed by atoms with E-state index in [-0.39, 0.29) is 12.2 Å². The summed E-state index contributed by atoms with van der Waals surface area (Å²) in [7, 11) is 0. The number of ketones is 1. The Labute approximate surface area is 109 Å². The van der Waals surface area contributed by atoms with E-state index in [0.29, 0.717) is 15.8 Å². The van der Waals surface area contributed by atoms with Crippen LogP contribution in [0.25, 0.3) is 0 Å². The van der Waals surface area contributed by atoms with Gasteiger partial charge in [-0.1, -0.05) is 29.3 Å². The quantitative estimate of drug-likeness (QED) is 0.777. The fourth-order valence-electron chi connectivity index (χ4n) is 1.51. The minimum absolute atomic E-state index is 0.0727. The molecular weight excluding hydrogens is 259 g/mol. The van der Waals surface area contributed by atoms with Crippen LogP contribution in [0.3, 0.4) is 0 Å². The number of hydrogen-bond donors (Lipinski definition) is 0. The van der Waals surface area contributed by atoms with E-state index < -0.39 is 0 Å². The number of halogens is 2. The first kappa shape index (κ1) is 12.2. The third-order valence-electron chi connectivity index (χ3n) is 2.36. The lowest BCUT2D eigenvalue weighted by molar-refractivity contribution is 0.0965. The number of rotatable bonds is 3. The van der Waals surface area contributed by atoms with E-state index in [1.54, 1.807) is 37.3 Å². The summed E-state index contributed by atoms with van der Waals surface area (Å²) in [5.41, 5.74) is 0.818. The number of Topliss-reactive ketones (excluding diaryl/α,β-unsaturated/α-hetero) is 1. The van der Waals surface area contributed by atoms with Crippen molar-refractivity contribution in [2.24, 2.45) is 0 Å². The fraction of sp³-hybridized carbons (Fsp3) is 0.154. The first-order chi connectivity index (χ1) is 8.06. The summed E-state index contributed by atoms with van der Waals surface area (Å²) >= 11 is 11.7. The maximum atomic E-state index is 11.9. The highest BCUT2D eigenvalue weighted by atomic mass is 35.5. The predicted molar refractivity (Wildman–Crippen MR) is 67.9 cm³/mol. The van der Waals surface area contributed by atoms with Gasteiger partial charge in [-0.25, -0.2) is 0 Å². The van der Waals surface area contributed by atoms with E-state index in [4.69, 9.17) is 27.6 Å². The molecule has 0 saturated heterocycles. The second-order valence-electron chi connectivity index (χ2n) is 3.76. The molecule has 17 heavy (non-hydrogen) atoms. The van der Waals surface area contributed by atoms with Gasteiger partial charge in [-0.3, -0.25) is 4.79 Å². The highest BCUT2D eigenvalue weighted by molar-refractivity contribution is 6.42. The molecule has 2 aromatic rings. The van der Waals surface area contributed by atoms with Gasteiger partial charge < -0.3 is 4.42 Å². The number of aryl methyl sites for hydroxylation is 1. The monoisotopic (exact) mass is 268 g/mol. The Morgan fingerprint density at radius 2 is 1.94 bits per heavy atom. The van der Waals surface area contributed by atoms with Gasteiger partial charge in [0.25, 0.3) is 0 Å². The Hall–Kier alpha value is -1.25. The standard InChI is InChI=1S/C13H10Cl2O2/c1-8-2-5-13(17-8)12(16)7-9-3-4-10(14)11(15)6-9/h2-6H,7H2,1H3. The molecular formula is C13H10Cl2O2. The minimum Gasteiger partial charge on any atom is -0.458 e. The van der Waals surface area contributed by atoms with Crippen LogP contribution in [-0.4, -0.2) is 5.78 Å². The van der Waals surface area contributed by atoms with Crippen molar-refractivity contribution in [3.63, 3.8) is 0 Å². The van der Waals surface area contributed by atoms with Gasteiger partial charge in [-0.2, -0.15) is 0 Å². The topological polar surface area (TPSA) is 30.2 Å². The van der Waals surface area contributed by atoms with Crippen LogP contribution in [-0.2, 0) is 6.42 Å². The molecule has 1 aromatic carbocycles. The van der Waals surface area contributed by atoms with E-state index in [1.807, 2.05) is 0 Å². The molecule has 2 nitrogen and oxygen atoms in total. The number of carbonyl (C=O) groups is 1. The minimum atomic E-state index is -0.0727. The first-order valence-corrected chi connectivity index (χ1v) is 5.85. The molecule has 88 valence electrons. The Morgan fingerprint density at radius 1 is 1.18 bits per heavy atom. The van der Waals surface area contributed by atoms with E-state index in [1.165, 1.54) is 0 Å². The molecule has 0 saturated carbocycles. The predicted octanol–water partition coefficient (Wildman–Crippen LogP) is 4.32. The molecule has 0 aliphatic rings. The van der Waals surface area contributed by atoms with Crippen molar-refractivity contribution in [1.82, 2.24) is 0 Å². The third kappa shape index (κ3) is 2.90. The molecule has 4 heteroatoms. The fourth-order valence-corrected chi connectivity index (χ4v) is 1.83. The van der Waals surface area contributed by atoms with Crippen molar-refractivity contribution >= 4 is 29.0 Å². The van der Waals surface area contributed by atoms with Gasteiger partial charge in [0.2, 0.25) is 5.78 Å². The Bertz CT molecular complexity index is 558. The van der Waals surface area contributed by atoms with Gasteiger partial charge >= 0.3 is 0 Å². The largest absolute Gasteiger partial charge is 0.458 e. The molecule has 0 aliphatic heterocycles. The van der Waals surface area contributed by atoms with Gasteiger partial charge in [0, 0.05) is 6.42 Å². The molecule has 1 heterocycles. The van der Waals surface area contributed by atoms with Crippen LogP contribution in [0.15, 0.2) is 34.7 Å². The Balaban J connectivity index is 2.15. The van der Waals surface area contributed by atoms with Crippen LogP contribution in [0.5, 0.6) is 0 Å². The second-order valence-corrected chi connectivity index (χ2v) is 4.57. The van der Waals surface area contributed by atoms with E-state index >= 15 is 0 Å². The Morgan fingerprint density at radius 3 is 2.53 bits per heavy atom. The summed E-state index contributed by atoms with van der Waals surface area (Å²) in [4.78, 5) is 11.9. The van der Waals surface area contributed by atoms with Gasteiger partial charge in [0.15, 0.2) is 5.76 Å². The molecule has 1 aromatic heterocycles. The summed E-state index contributed by atoms with van der Waals surface area (Å²) in [6.45, 7) is 1.80. The molecule has 0 spiro atoms. The van der Waals surface area contributed by atoms with E-state index in [2.05, 4.69) is 0 Å². The number of benzene rings is 1. The van der Waals surface area contributed by atoms with Crippen molar-refractivity contribution in [3.05, 3.63) is 57.5 Å². The molecule has 0 fully saturated rings. The third-order valence-corrected chi connectivity index (χ3v) is 3.10. The lowest BCUT2D eigenvalue weighted by Gasteiger charge is -2.01. The van der Waals surface area contributed by atoms with Gasteiger partial charge in [0.05, 0.1) is 10.0 Å². The highest BCUT2D eigenvalue weighted by Gasteiger charge is 2.11.